The molecular formula is C14H19ClO3S. The van der Waals surface area contributed by atoms with Crippen LogP contribution in [0.15, 0.2) is 29.2 Å². The molecule has 1 aromatic carbocycles. The molecular weight excluding hydrogens is 284 g/mol. The van der Waals surface area contributed by atoms with E-state index >= 15 is 0 Å². The SMILES string of the molecule is O=S(=O)(CC(O)C1CCCCC1)c1ccc(Cl)cc1. The molecule has 1 saturated carbocycles. The van der Waals surface area contributed by atoms with E-state index in [9.17, 15) is 13.5 Å². The number of sulfone groups is 1. The van der Waals surface area contributed by atoms with Crippen molar-refractivity contribution in [1.29, 1.82) is 0 Å². The molecule has 3 nitrogen and oxygen atoms in total. The number of hydrogen-bond acceptors (Lipinski definition) is 3. The molecule has 0 spiro atoms. The highest BCUT2D eigenvalue weighted by atomic mass is 35.5. The Hall–Kier alpha value is -0.580. The summed E-state index contributed by atoms with van der Waals surface area (Å²) in [5.74, 6) is -0.0740. The van der Waals surface area contributed by atoms with Crippen molar-refractivity contribution in [1.82, 2.24) is 0 Å². The van der Waals surface area contributed by atoms with Crippen LogP contribution >= 0.6 is 11.6 Å². The van der Waals surface area contributed by atoms with E-state index < -0.39 is 15.9 Å². The third-order valence-electron chi connectivity index (χ3n) is 3.76. The summed E-state index contributed by atoms with van der Waals surface area (Å²) in [4.78, 5) is 0.228. The molecule has 1 aliphatic rings. The van der Waals surface area contributed by atoms with E-state index in [4.69, 9.17) is 11.6 Å². The monoisotopic (exact) mass is 302 g/mol. The van der Waals surface area contributed by atoms with Gasteiger partial charge in [0.15, 0.2) is 9.84 Å². The molecule has 0 aromatic heterocycles. The van der Waals surface area contributed by atoms with E-state index in [1.807, 2.05) is 0 Å². The van der Waals surface area contributed by atoms with Gasteiger partial charge in [0.2, 0.25) is 0 Å². The summed E-state index contributed by atoms with van der Waals surface area (Å²) in [7, 11) is -3.43. The Bertz CT molecular complexity index is 504. The fraction of sp³-hybridized carbons (Fsp3) is 0.571. The van der Waals surface area contributed by atoms with Crippen LogP contribution in [-0.2, 0) is 9.84 Å². The van der Waals surface area contributed by atoms with Crippen LogP contribution in [0.25, 0.3) is 0 Å². The highest BCUT2D eigenvalue weighted by Gasteiger charge is 2.27. The fourth-order valence-electron chi connectivity index (χ4n) is 2.62. The first-order valence-electron chi connectivity index (χ1n) is 6.65. The van der Waals surface area contributed by atoms with Gasteiger partial charge >= 0.3 is 0 Å². The van der Waals surface area contributed by atoms with E-state index in [2.05, 4.69) is 0 Å². The predicted octanol–water partition coefficient (Wildman–Crippen LogP) is 3.05. The number of benzene rings is 1. The van der Waals surface area contributed by atoms with Crippen LogP contribution in [0.1, 0.15) is 32.1 Å². The number of rotatable bonds is 4. The lowest BCUT2D eigenvalue weighted by atomic mass is 9.86. The van der Waals surface area contributed by atoms with Crippen molar-refractivity contribution >= 4 is 21.4 Å². The van der Waals surface area contributed by atoms with E-state index in [1.165, 1.54) is 18.6 Å². The van der Waals surface area contributed by atoms with Gasteiger partial charge in [-0.25, -0.2) is 8.42 Å². The third kappa shape index (κ3) is 3.94. The molecule has 0 aliphatic heterocycles. The van der Waals surface area contributed by atoms with Crippen LogP contribution in [0.2, 0.25) is 5.02 Å². The number of halogens is 1. The quantitative estimate of drug-likeness (QED) is 0.930. The molecule has 1 atom stereocenters. The van der Waals surface area contributed by atoms with Crippen LogP contribution in [0, 0.1) is 5.92 Å². The lowest BCUT2D eigenvalue weighted by Gasteiger charge is -2.26. The molecule has 1 aromatic rings. The van der Waals surface area contributed by atoms with Gasteiger partial charge in [-0.15, -0.1) is 0 Å². The second-order valence-corrected chi connectivity index (χ2v) is 7.67. The summed E-state index contributed by atoms with van der Waals surface area (Å²) in [6.45, 7) is 0. The van der Waals surface area contributed by atoms with Crippen LogP contribution in [0.4, 0.5) is 0 Å². The van der Waals surface area contributed by atoms with Gasteiger partial charge in [-0.1, -0.05) is 30.9 Å². The highest BCUT2D eigenvalue weighted by molar-refractivity contribution is 7.91. The number of aliphatic hydroxyl groups is 1. The van der Waals surface area contributed by atoms with E-state index in [0.717, 1.165) is 25.7 Å². The van der Waals surface area contributed by atoms with Gasteiger partial charge in [0.05, 0.1) is 16.8 Å². The van der Waals surface area contributed by atoms with E-state index in [1.54, 1.807) is 12.1 Å². The van der Waals surface area contributed by atoms with Gasteiger partial charge < -0.3 is 5.11 Å². The molecule has 0 amide bonds. The molecule has 19 heavy (non-hydrogen) atoms. The molecule has 5 heteroatoms. The normalized spacial score (nSPS) is 19.3. The topological polar surface area (TPSA) is 54.4 Å². The lowest BCUT2D eigenvalue weighted by Crippen LogP contribution is -2.30. The zero-order valence-corrected chi connectivity index (χ0v) is 12.3. The van der Waals surface area contributed by atoms with Crippen molar-refractivity contribution in [2.24, 2.45) is 5.92 Å². The van der Waals surface area contributed by atoms with Crippen LogP contribution < -0.4 is 0 Å². The summed E-state index contributed by atoms with van der Waals surface area (Å²) in [5, 5.41) is 10.6. The highest BCUT2D eigenvalue weighted by Crippen LogP contribution is 2.28. The minimum atomic E-state index is -3.43. The maximum absolute atomic E-state index is 12.2. The average molecular weight is 303 g/mol. The Morgan fingerprint density at radius 3 is 2.32 bits per heavy atom. The molecule has 0 radical (unpaired) electrons. The Labute approximate surface area is 119 Å². The summed E-state index contributed by atoms with van der Waals surface area (Å²) in [5.41, 5.74) is 0. The maximum Gasteiger partial charge on any atom is 0.180 e. The Kier molecular flexibility index (Phi) is 4.87. The van der Waals surface area contributed by atoms with Crippen molar-refractivity contribution < 1.29 is 13.5 Å². The molecule has 0 saturated heterocycles. The number of hydrogen-bond donors (Lipinski definition) is 1. The van der Waals surface area contributed by atoms with E-state index in [0.29, 0.717) is 5.02 Å². The van der Waals surface area contributed by atoms with Crippen molar-refractivity contribution in [3.63, 3.8) is 0 Å². The van der Waals surface area contributed by atoms with E-state index in [-0.39, 0.29) is 16.6 Å². The van der Waals surface area contributed by atoms with Gasteiger partial charge in [-0.2, -0.15) is 0 Å². The first-order valence-corrected chi connectivity index (χ1v) is 8.68. The summed E-state index contributed by atoms with van der Waals surface area (Å²) >= 11 is 5.75. The Balaban J connectivity index is 2.05. The zero-order valence-electron chi connectivity index (χ0n) is 10.8. The molecule has 1 fully saturated rings. The Morgan fingerprint density at radius 1 is 1.16 bits per heavy atom. The molecule has 106 valence electrons. The lowest BCUT2D eigenvalue weighted by molar-refractivity contribution is 0.103. The summed E-state index contributed by atoms with van der Waals surface area (Å²) < 4.78 is 24.4. The largest absolute Gasteiger partial charge is 0.392 e. The van der Waals surface area contributed by atoms with Gasteiger partial charge in [0.1, 0.15) is 0 Å². The summed E-state index contributed by atoms with van der Waals surface area (Å²) in [6.07, 6.45) is 4.45. The average Bonchev–Trinajstić information content (AvgIpc) is 2.40. The zero-order chi connectivity index (χ0) is 13.9. The molecule has 0 heterocycles. The van der Waals surface area contributed by atoms with Crippen molar-refractivity contribution in [3.8, 4) is 0 Å². The second-order valence-electron chi connectivity index (χ2n) is 5.20. The van der Waals surface area contributed by atoms with Gasteiger partial charge in [-0.3, -0.25) is 0 Å². The van der Waals surface area contributed by atoms with Gasteiger partial charge in [0.25, 0.3) is 0 Å². The Morgan fingerprint density at radius 2 is 1.74 bits per heavy atom. The predicted molar refractivity (Wildman–Crippen MR) is 76.1 cm³/mol. The standard InChI is InChI=1S/C14H19ClO3S/c15-12-6-8-13(9-7-12)19(17,18)10-14(16)11-4-2-1-3-5-11/h6-9,11,14,16H,1-5,10H2. The minimum Gasteiger partial charge on any atom is -0.392 e. The third-order valence-corrected chi connectivity index (χ3v) is 5.78. The van der Waals surface area contributed by atoms with Crippen LogP contribution in [0.5, 0.6) is 0 Å². The van der Waals surface area contributed by atoms with Crippen molar-refractivity contribution in [2.45, 2.75) is 43.1 Å². The van der Waals surface area contributed by atoms with Gasteiger partial charge in [0, 0.05) is 5.02 Å². The molecule has 1 N–H and O–H groups in total. The first kappa shape index (κ1) is 14.8. The summed E-state index contributed by atoms with van der Waals surface area (Å²) in [6, 6.07) is 6.10. The molecule has 0 bridgehead atoms. The molecule has 2 rings (SSSR count). The minimum absolute atomic E-state index is 0.121. The molecule has 1 aliphatic carbocycles. The second kappa shape index (κ2) is 6.25. The first-order chi connectivity index (χ1) is 8.99. The maximum atomic E-state index is 12.2. The van der Waals surface area contributed by atoms with Crippen LogP contribution in [-0.4, -0.2) is 25.4 Å². The number of aliphatic hydroxyl groups excluding tert-OH is 1. The van der Waals surface area contributed by atoms with Crippen LogP contribution in [0.3, 0.4) is 0 Å². The van der Waals surface area contributed by atoms with Crippen molar-refractivity contribution in [3.05, 3.63) is 29.3 Å². The van der Waals surface area contributed by atoms with Gasteiger partial charge in [-0.05, 0) is 43.0 Å². The fourth-order valence-corrected chi connectivity index (χ4v) is 4.21. The molecule has 1 unspecified atom stereocenters. The van der Waals surface area contributed by atoms with Crippen molar-refractivity contribution in [2.75, 3.05) is 5.75 Å². The smallest absolute Gasteiger partial charge is 0.180 e.